The number of halogens is 1. The summed E-state index contributed by atoms with van der Waals surface area (Å²) in [6.07, 6.45) is -2.05. The van der Waals surface area contributed by atoms with Gasteiger partial charge in [-0.3, -0.25) is 4.79 Å². The van der Waals surface area contributed by atoms with Crippen molar-refractivity contribution < 1.29 is 24.2 Å². The van der Waals surface area contributed by atoms with Gasteiger partial charge in [-0.05, 0) is 20.8 Å². The van der Waals surface area contributed by atoms with Crippen LogP contribution in [0.5, 0.6) is 0 Å². The molecule has 0 unspecified atom stereocenters. The van der Waals surface area contributed by atoms with E-state index in [1.807, 2.05) is 0 Å². The molecule has 1 aliphatic rings. The number of amides is 1. The number of hydrogen-bond donors (Lipinski definition) is 0. The summed E-state index contributed by atoms with van der Waals surface area (Å²) in [5.74, 6) is -0.435. The first kappa shape index (κ1) is 14.8. The van der Waals surface area contributed by atoms with Gasteiger partial charge in [0.2, 0.25) is 0 Å². The Morgan fingerprint density at radius 1 is 1.50 bits per heavy atom. The second-order valence-electron chi connectivity index (χ2n) is 4.61. The fourth-order valence-corrected chi connectivity index (χ4v) is 1.28. The maximum atomic E-state index is 13.0. The molecule has 5 nitrogen and oxygen atoms in total. The highest BCUT2D eigenvalue weighted by Crippen LogP contribution is 2.14. The highest BCUT2D eigenvalue weighted by atomic mass is 19.1. The van der Waals surface area contributed by atoms with Crippen LogP contribution in [0.25, 0.3) is 0 Å². The number of hydrogen-bond acceptors (Lipinski definition) is 3. The van der Waals surface area contributed by atoms with E-state index >= 15 is 0 Å². The Balaban J connectivity index is 0.00000225. The molecule has 1 rings (SSSR count). The molecule has 0 aliphatic carbocycles. The Morgan fingerprint density at radius 2 is 2.06 bits per heavy atom. The first-order chi connectivity index (χ1) is 6.79. The van der Waals surface area contributed by atoms with E-state index in [2.05, 4.69) is 0 Å². The standard InChI is InChI=1S/C10H16FNO3.H2O/c1-10(2,3)15-9(14)12-5-4-8(13)7(11)6-12;/h7H,4-6H2,1-3H3;1H2/t7-;/m0./s1. The van der Waals surface area contributed by atoms with Crippen molar-refractivity contribution in [2.45, 2.75) is 39.0 Å². The molecule has 1 atom stereocenters. The minimum atomic E-state index is -1.56. The fraction of sp³-hybridized carbons (Fsp3) is 0.800. The summed E-state index contributed by atoms with van der Waals surface area (Å²) < 4.78 is 18.1. The van der Waals surface area contributed by atoms with E-state index in [9.17, 15) is 14.0 Å². The maximum absolute atomic E-state index is 13.0. The summed E-state index contributed by atoms with van der Waals surface area (Å²) in [6.45, 7) is 5.29. The molecule has 1 saturated heterocycles. The zero-order valence-electron chi connectivity index (χ0n) is 9.75. The zero-order valence-corrected chi connectivity index (χ0v) is 9.75. The minimum absolute atomic E-state index is 0. The Hall–Kier alpha value is -1.17. The second kappa shape index (κ2) is 5.25. The third-order valence-electron chi connectivity index (χ3n) is 2.01. The van der Waals surface area contributed by atoms with Gasteiger partial charge in [-0.15, -0.1) is 0 Å². The number of carbonyl (C=O) groups excluding carboxylic acids is 2. The number of likely N-dealkylation sites (tertiary alicyclic amines) is 1. The molecule has 2 N–H and O–H groups in total. The zero-order chi connectivity index (χ0) is 11.6. The van der Waals surface area contributed by atoms with Crippen molar-refractivity contribution >= 4 is 11.9 Å². The van der Waals surface area contributed by atoms with Gasteiger partial charge in [0.25, 0.3) is 0 Å². The maximum Gasteiger partial charge on any atom is 0.410 e. The van der Waals surface area contributed by atoms with Gasteiger partial charge in [-0.1, -0.05) is 0 Å². The Kier molecular flexibility index (Phi) is 4.86. The molecule has 0 radical (unpaired) electrons. The van der Waals surface area contributed by atoms with Crippen molar-refractivity contribution in [3.8, 4) is 0 Å². The molecule has 1 aliphatic heterocycles. The molecule has 6 heteroatoms. The highest BCUT2D eigenvalue weighted by Gasteiger charge is 2.31. The lowest BCUT2D eigenvalue weighted by molar-refractivity contribution is -0.127. The fourth-order valence-electron chi connectivity index (χ4n) is 1.28. The van der Waals surface area contributed by atoms with Gasteiger partial charge in [0, 0.05) is 13.0 Å². The van der Waals surface area contributed by atoms with Crippen LogP contribution in [-0.4, -0.2) is 47.1 Å². The number of nitrogens with zero attached hydrogens (tertiary/aromatic N) is 1. The molecule has 0 aromatic carbocycles. The average molecular weight is 235 g/mol. The predicted octanol–water partition coefficient (Wildman–Crippen LogP) is 0.710. The van der Waals surface area contributed by atoms with Crippen LogP contribution >= 0.6 is 0 Å². The molecule has 0 bridgehead atoms. The molecule has 1 amide bonds. The van der Waals surface area contributed by atoms with Crippen LogP contribution in [0.1, 0.15) is 27.2 Å². The number of Topliss-reactive ketones (excluding diaryl/α,β-unsaturated/α-hetero) is 1. The predicted molar refractivity (Wildman–Crippen MR) is 55.9 cm³/mol. The number of carbonyl (C=O) groups is 2. The summed E-state index contributed by atoms with van der Waals surface area (Å²) in [5.41, 5.74) is -0.593. The summed E-state index contributed by atoms with van der Waals surface area (Å²) in [4.78, 5) is 23.6. The molecule has 16 heavy (non-hydrogen) atoms. The van der Waals surface area contributed by atoms with E-state index in [4.69, 9.17) is 4.74 Å². The number of piperidine rings is 1. The van der Waals surface area contributed by atoms with E-state index in [0.717, 1.165) is 0 Å². The molecule has 1 heterocycles. The molecule has 0 aromatic rings. The Bertz CT molecular complexity index is 274. The third-order valence-corrected chi connectivity index (χ3v) is 2.01. The van der Waals surface area contributed by atoms with E-state index in [-0.39, 0.29) is 25.0 Å². The molecule has 0 saturated carbocycles. The van der Waals surface area contributed by atoms with Crippen molar-refractivity contribution in [2.75, 3.05) is 13.1 Å². The molecule has 0 aromatic heterocycles. The first-order valence-electron chi connectivity index (χ1n) is 4.94. The SMILES string of the molecule is CC(C)(C)OC(=O)N1CCC(=O)[C@@H](F)C1.O. The highest BCUT2D eigenvalue weighted by molar-refractivity contribution is 5.85. The normalized spacial score (nSPS) is 21.4. The van der Waals surface area contributed by atoms with Crippen LogP contribution in [0.4, 0.5) is 9.18 Å². The van der Waals surface area contributed by atoms with E-state index in [1.54, 1.807) is 20.8 Å². The van der Waals surface area contributed by atoms with Crippen LogP contribution in [0, 0.1) is 0 Å². The first-order valence-corrected chi connectivity index (χ1v) is 4.94. The van der Waals surface area contributed by atoms with E-state index < -0.39 is 23.6 Å². The lowest BCUT2D eigenvalue weighted by Gasteiger charge is -2.30. The lowest BCUT2D eigenvalue weighted by atomic mass is 10.1. The number of alkyl halides is 1. The summed E-state index contributed by atoms with van der Waals surface area (Å²) in [5, 5.41) is 0. The monoisotopic (exact) mass is 235 g/mol. The van der Waals surface area contributed by atoms with Gasteiger partial charge in [0.1, 0.15) is 5.60 Å². The number of rotatable bonds is 0. The smallest absolute Gasteiger partial charge is 0.410 e. The topological polar surface area (TPSA) is 78.1 Å². The van der Waals surface area contributed by atoms with Crippen molar-refractivity contribution in [1.82, 2.24) is 4.90 Å². The summed E-state index contributed by atoms with van der Waals surface area (Å²) >= 11 is 0. The summed E-state index contributed by atoms with van der Waals surface area (Å²) in [7, 11) is 0. The molecule has 94 valence electrons. The Labute approximate surface area is 93.9 Å². The van der Waals surface area contributed by atoms with Gasteiger partial charge < -0.3 is 15.1 Å². The van der Waals surface area contributed by atoms with Crippen LogP contribution in [0.3, 0.4) is 0 Å². The van der Waals surface area contributed by atoms with Crippen LogP contribution in [0.15, 0.2) is 0 Å². The molecular weight excluding hydrogens is 217 g/mol. The lowest BCUT2D eigenvalue weighted by Crippen LogP contribution is -2.47. The quantitative estimate of drug-likeness (QED) is 0.620. The van der Waals surface area contributed by atoms with Crippen molar-refractivity contribution in [3.63, 3.8) is 0 Å². The van der Waals surface area contributed by atoms with Crippen molar-refractivity contribution in [1.29, 1.82) is 0 Å². The second-order valence-corrected chi connectivity index (χ2v) is 4.61. The van der Waals surface area contributed by atoms with E-state index in [0.29, 0.717) is 0 Å². The molecule has 1 fully saturated rings. The van der Waals surface area contributed by atoms with Crippen LogP contribution < -0.4 is 0 Å². The van der Waals surface area contributed by atoms with Crippen LogP contribution in [0.2, 0.25) is 0 Å². The number of ether oxygens (including phenoxy) is 1. The van der Waals surface area contributed by atoms with Gasteiger partial charge in [0.15, 0.2) is 12.0 Å². The minimum Gasteiger partial charge on any atom is -0.444 e. The average Bonchev–Trinajstić information content (AvgIpc) is 2.06. The molecular formula is C10H18FNO4. The van der Waals surface area contributed by atoms with Crippen LogP contribution in [-0.2, 0) is 9.53 Å². The van der Waals surface area contributed by atoms with E-state index in [1.165, 1.54) is 4.90 Å². The largest absolute Gasteiger partial charge is 0.444 e. The van der Waals surface area contributed by atoms with Crippen molar-refractivity contribution in [3.05, 3.63) is 0 Å². The number of ketones is 1. The summed E-state index contributed by atoms with van der Waals surface area (Å²) in [6, 6.07) is 0. The van der Waals surface area contributed by atoms with Gasteiger partial charge in [-0.25, -0.2) is 9.18 Å². The van der Waals surface area contributed by atoms with Crippen molar-refractivity contribution in [2.24, 2.45) is 0 Å². The van der Waals surface area contributed by atoms with Gasteiger partial charge in [-0.2, -0.15) is 0 Å². The van der Waals surface area contributed by atoms with Gasteiger partial charge >= 0.3 is 6.09 Å². The Morgan fingerprint density at radius 3 is 2.50 bits per heavy atom. The molecule has 0 spiro atoms. The third kappa shape index (κ3) is 4.14. The van der Waals surface area contributed by atoms with Gasteiger partial charge in [0.05, 0.1) is 6.54 Å².